The van der Waals surface area contributed by atoms with E-state index in [9.17, 15) is 8.42 Å². The lowest BCUT2D eigenvalue weighted by atomic mass is 10.2. The van der Waals surface area contributed by atoms with Gasteiger partial charge in [0.25, 0.3) is 10.0 Å². The minimum atomic E-state index is -3.62. The van der Waals surface area contributed by atoms with Gasteiger partial charge in [0.05, 0.1) is 11.9 Å². The fourth-order valence-electron chi connectivity index (χ4n) is 1.55. The molecule has 0 bridgehead atoms. The number of sulfonamides is 1. The number of hydrogen-bond acceptors (Lipinski definition) is 3. The molecule has 1 heterocycles. The molecule has 0 unspecified atom stereocenters. The minimum absolute atomic E-state index is 0.121. The Balaban J connectivity index is 2.40. The van der Waals surface area contributed by atoms with E-state index in [0.717, 1.165) is 10.0 Å². The van der Waals surface area contributed by atoms with Crippen molar-refractivity contribution < 1.29 is 8.42 Å². The lowest BCUT2D eigenvalue weighted by Crippen LogP contribution is -2.17. The van der Waals surface area contributed by atoms with Crippen LogP contribution < -0.4 is 4.72 Å². The Hall–Kier alpha value is -1.34. The maximum atomic E-state index is 12.2. The third-order valence-corrected chi connectivity index (χ3v) is 4.98. The highest BCUT2D eigenvalue weighted by molar-refractivity contribution is 9.10. The first-order chi connectivity index (χ1) is 8.42. The Labute approximate surface area is 114 Å². The van der Waals surface area contributed by atoms with Gasteiger partial charge in [-0.05, 0) is 40.5 Å². The standard InChI is InChI=1S/C11H12BrN3O2S/c1-8-4-3-5-9(11(8)12)14-18(16,17)10-6-7-13-15(10)2/h3-7,14H,1-2H3. The number of halogens is 1. The molecule has 18 heavy (non-hydrogen) atoms. The van der Waals surface area contributed by atoms with E-state index in [2.05, 4.69) is 25.8 Å². The van der Waals surface area contributed by atoms with Gasteiger partial charge >= 0.3 is 0 Å². The van der Waals surface area contributed by atoms with Crippen molar-refractivity contribution in [1.29, 1.82) is 0 Å². The minimum Gasteiger partial charge on any atom is -0.277 e. The number of hydrogen-bond donors (Lipinski definition) is 1. The van der Waals surface area contributed by atoms with E-state index in [1.54, 1.807) is 19.2 Å². The zero-order chi connectivity index (χ0) is 13.3. The Morgan fingerprint density at radius 2 is 2.06 bits per heavy atom. The summed E-state index contributed by atoms with van der Waals surface area (Å²) in [5, 5.41) is 3.97. The predicted octanol–water partition coefficient (Wildman–Crippen LogP) is 2.29. The van der Waals surface area contributed by atoms with Crippen LogP contribution in [-0.4, -0.2) is 18.2 Å². The number of aryl methyl sites for hydroxylation is 2. The van der Waals surface area contributed by atoms with Crippen LogP contribution in [0.4, 0.5) is 5.69 Å². The van der Waals surface area contributed by atoms with Gasteiger partial charge < -0.3 is 0 Å². The normalized spacial score (nSPS) is 11.5. The van der Waals surface area contributed by atoms with Crippen molar-refractivity contribution in [2.45, 2.75) is 11.9 Å². The maximum Gasteiger partial charge on any atom is 0.279 e. The van der Waals surface area contributed by atoms with E-state index in [1.165, 1.54) is 16.9 Å². The molecule has 96 valence electrons. The molecule has 2 aromatic rings. The first-order valence-electron chi connectivity index (χ1n) is 5.18. The molecule has 7 heteroatoms. The highest BCUT2D eigenvalue weighted by Crippen LogP contribution is 2.27. The van der Waals surface area contributed by atoms with Gasteiger partial charge in [-0.15, -0.1) is 0 Å². The van der Waals surface area contributed by atoms with Gasteiger partial charge in [-0.1, -0.05) is 12.1 Å². The van der Waals surface area contributed by atoms with Crippen LogP contribution in [0.5, 0.6) is 0 Å². The second-order valence-electron chi connectivity index (χ2n) is 3.84. The number of nitrogens with zero attached hydrogens (tertiary/aromatic N) is 2. The molecule has 0 amide bonds. The summed E-state index contributed by atoms with van der Waals surface area (Å²) < 4.78 is 28.9. The van der Waals surface area contributed by atoms with Crippen LogP contribution >= 0.6 is 15.9 Å². The summed E-state index contributed by atoms with van der Waals surface area (Å²) >= 11 is 3.37. The van der Waals surface area contributed by atoms with Crippen molar-refractivity contribution >= 4 is 31.6 Å². The number of rotatable bonds is 3. The molecule has 1 N–H and O–H groups in total. The van der Waals surface area contributed by atoms with E-state index in [1.807, 2.05) is 13.0 Å². The van der Waals surface area contributed by atoms with Crippen LogP contribution in [0.15, 0.2) is 40.0 Å². The van der Waals surface area contributed by atoms with Crippen molar-refractivity contribution in [1.82, 2.24) is 9.78 Å². The Morgan fingerprint density at radius 1 is 1.33 bits per heavy atom. The molecule has 0 aliphatic carbocycles. The van der Waals surface area contributed by atoms with Gasteiger partial charge in [0.2, 0.25) is 0 Å². The smallest absolute Gasteiger partial charge is 0.277 e. The summed E-state index contributed by atoms with van der Waals surface area (Å²) in [6.07, 6.45) is 1.44. The molecule has 0 radical (unpaired) electrons. The van der Waals surface area contributed by atoms with E-state index in [4.69, 9.17) is 0 Å². The van der Waals surface area contributed by atoms with Crippen molar-refractivity contribution in [3.8, 4) is 0 Å². The van der Waals surface area contributed by atoms with Crippen molar-refractivity contribution in [2.24, 2.45) is 7.05 Å². The molecule has 0 aliphatic heterocycles. The highest BCUT2D eigenvalue weighted by atomic mass is 79.9. The SMILES string of the molecule is Cc1cccc(NS(=O)(=O)c2ccnn2C)c1Br. The predicted molar refractivity (Wildman–Crippen MR) is 72.9 cm³/mol. The lowest BCUT2D eigenvalue weighted by molar-refractivity contribution is 0.582. The summed E-state index contributed by atoms with van der Waals surface area (Å²) in [7, 11) is -2.04. The van der Waals surface area contributed by atoms with Crippen LogP contribution in [0.3, 0.4) is 0 Å². The monoisotopic (exact) mass is 329 g/mol. The third kappa shape index (κ3) is 2.41. The topological polar surface area (TPSA) is 64.0 Å². The van der Waals surface area contributed by atoms with Crippen molar-refractivity contribution in [2.75, 3.05) is 4.72 Å². The summed E-state index contributed by atoms with van der Waals surface area (Å²) in [4.78, 5) is 0. The zero-order valence-corrected chi connectivity index (χ0v) is 12.3. The van der Waals surface area contributed by atoms with Gasteiger partial charge in [-0.3, -0.25) is 9.40 Å². The average Bonchev–Trinajstić information content (AvgIpc) is 2.72. The number of nitrogens with one attached hydrogen (secondary N) is 1. The summed E-state index contributed by atoms with van der Waals surface area (Å²) in [6, 6.07) is 6.84. The van der Waals surface area contributed by atoms with E-state index >= 15 is 0 Å². The molecule has 0 aliphatic rings. The highest BCUT2D eigenvalue weighted by Gasteiger charge is 2.19. The Kier molecular flexibility index (Phi) is 3.45. The number of benzene rings is 1. The van der Waals surface area contributed by atoms with E-state index in [0.29, 0.717) is 5.69 Å². The van der Waals surface area contributed by atoms with E-state index < -0.39 is 10.0 Å². The first-order valence-corrected chi connectivity index (χ1v) is 7.45. The van der Waals surface area contributed by atoms with Crippen LogP contribution in [0, 0.1) is 6.92 Å². The summed E-state index contributed by atoms with van der Waals surface area (Å²) in [5.74, 6) is 0. The Morgan fingerprint density at radius 3 is 2.67 bits per heavy atom. The Bertz CT molecular complexity index is 679. The van der Waals surface area contributed by atoms with Gasteiger partial charge in [0.15, 0.2) is 5.03 Å². The number of anilines is 1. The quantitative estimate of drug-likeness (QED) is 0.939. The molecule has 2 rings (SSSR count). The van der Waals surface area contributed by atoms with Gasteiger partial charge in [-0.25, -0.2) is 0 Å². The second kappa shape index (κ2) is 4.74. The fourth-order valence-corrected chi connectivity index (χ4v) is 3.24. The molecular weight excluding hydrogens is 318 g/mol. The van der Waals surface area contributed by atoms with Crippen LogP contribution in [0.1, 0.15) is 5.56 Å². The van der Waals surface area contributed by atoms with Crippen molar-refractivity contribution in [3.05, 3.63) is 40.5 Å². The van der Waals surface area contributed by atoms with Crippen LogP contribution in [0.25, 0.3) is 0 Å². The molecule has 0 fully saturated rings. The van der Waals surface area contributed by atoms with Crippen LogP contribution in [0.2, 0.25) is 0 Å². The number of aromatic nitrogens is 2. The van der Waals surface area contributed by atoms with Crippen molar-refractivity contribution in [3.63, 3.8) is 0 Å². The van der Waals surface area contributed by atoms with Gasteiger partial charge in [0, 0.05) is 11.5 Å². The lowest BCUT2D eigenvalue weighted by Gasteiger charge is -2.10. The zero-order valence-electron chi connectivity index (χ0n) is 9.88. The first kappa shape index (κ1) is 13.1. The molecule has 0 spiro atoms. The van der Waals surface area contributed by atoms with Gasteiger partial charge in [0.1, 0.15) is 0 Å². The third-order valence-electron chi connectivity index (χ3n) is 2.49. The molecule has 0 atom stereocenters. The molecule has 1 aromatic heterocycles. The molecule has 0 saturated carbocycles. The maximum absolute atomic E-state index is 12.2. The average molecular weight is 330 g/mol. The summed E-state index contributed by atoms with van der Waals surface area (Å²) in [5.41, 5.74) is 1.47. The molecular formula is C11H12BrN3O2S. The molecule has 1 aromatic carbocycles. The van der Waals surface area contributed by atoms with Gasteiger partial charge in [-0.2, -0.15) is 13.5 Å². The molecule has 0 saturated heterocycles. The molecule has 5 nitrogen and oxygen atoms in total. The fraction of sp³-hybridized carbons (Fsp3) is 0.182. The summed E-state index contributed by atoms with van der Waals surface area (Å²) in [6.45, 7) is 1.89. The van der Waals surface area contributed by atoms with E-state index in [-0.39, 0.29) is 5.03 Å². The van der Waals surface area contributed by atoms with Crippen LogP contribution in [-0.2, 0) is 17.1 Å². The second-order valence-corrected chi connectivity index (χ2v) is 6.26. The largest absolute Gasteiger partial charge is 0.279 e.